The van der Waals surface area contributed by atoms with Crippen molar-refractivity contribution >= 4 is 22.6 Å². The number of hydrogen-bond acceptors (Lipinski definition) is 1. The van der Waals surface area contributed by atoms with Crippen molar-refractivity contribution in [1.29, 1.82) is 0 Å². The number of halogens is 1. The molecule has 0 spiro atoms. The van der Waals surface area contributed by atoms with Crippen molar-refractivity contribution in [2.24, 2.45) is 5.41 Å². The number of hydrogen-bond donors (Lipinski definition) is 0. The first-order chi connectivity index (χ1) is 6.97. The summed E-state index contributed by atoms with van der Waals surface area (Å²) < 4.78 is 2.07. The zero-order valence-electron chi connectivity index (χ0n) is 9.29. The van der Waals surface area contributed by atoms with Crippen molar-refractivity contribution in [3.05, 3.63) is 29.5 Å². The van der Waals surface area contributed by atoms with Gasteiger partial charge in [-0.1, -0.05) is 32.9 Å². The molecule has 0 radical (unpaired) electrons. The monoisotopic (exact) mass is 222 g/mol. The Balaban J connectivity index is 2.54. The van der Waals surface area contributed by atoms with E-state index in [1.54, 1.807) is 0 Å². The minimum atomic E-state index is 0.201. The van der Waals surface area contributed by atoms with Gasteiger partial charge in [-0.25, -0.2) is 4.98 Å². The maximum Gasteiger partial charge on any atom is 0.203 e. The molecule has 80 valence electrons. The summed E-state index contributed by atoms with van der Waals surface area (Å²) in [4.78, 5) is 4.33. The van der Waals surface area contributed by atoms with Crippen molar-refractivity contribution in [2.45, 2.75) is 27.3 Å². The van der Waals surface area contributed by atoms with Gasteiger partial charge in [0.2, 0.25) is 5.28 Å². The number of aromatic nitrogens is 2. The lowest BCUT2D eigenvalue weighted by Gasteiger charge is -2.19. The third kappa shape index (κ3) is 2.15. The van der Waals surface area contributed by atoms with Gasteiger partial charge < -0.3 is 4.57 Å². The highest BCUT2D eigenvalue weighted by Gasteiger charge is 2.16. The van der Waals surface area contributed by atoms with E-state index in [-0.39, 0.29) is 5.41 Å². The summed E-state index contributed by atoms with van der Waals surface area (Å²) in [5.74, 6) is 0. The molecule has 0 saturated carbocycles. The Bertz CT molecular complexity index is 480. The number of fused-ring (bicyclic) bond motifs is 1. The first-order valence-corrected chi connectivity index (χ1v) is 5.46. The maximum atomic E-state index is 6.13. The second-order valence-electron chi connectivity index (χ2n) is 5.02. The second-order valence-corrected chi connectivity index (χ2v) is 5.35. The molecule has 0 atom stereocenters. The first kappa shape index (κ1) is 10.5. The van der Waals surface area contributed by atoms with E-state index in [1.165, 1.54) is 0 Å². The van der Waals surface area contributed by atoms with Crippen molar-refractivity contribution < 1.29 is 0 Å². The number of rotatable bonds is 1. The summed E-state index contributed by atoms with van der Waals surface area (Å²) in [7, 11) is 0. The highest BCUT2D eigenvalue weighted by molar-refractivity contribution is 6.29. The molecule has 2 rings (SSSR count). The van der Waals surface area contributed by atoms with Crippen LogP contribution in [0, 0.1) is 5.41 Å². The molecule has 2 nitrogen and oxygen atoms in total. The lowest BCUT2D eigenvalue weighted by atomic mass is 9.97. The Morgan fingerprint density at radius 2 is 1.93 bits per heavy atom. The highest BCUT2D eigenvalue weighted by Crippen LogP contribution is 2.25. The molecule has 0 aliphatic rings. The molecule has 0 saturated heterocycles. The largest absolute Gasteiger partial charge is 0.314 e. The molecule has 15 heavy (non-hydrogen) atoms. The summed E-state index contributed by atoms with van der Waals surface area (Å²) in [6, 6.07) is 8.03. The van der Waals surface area contributed by atoms with Crippen LogP contribution in [0.5, 0.6) is 0 Å². The molecule has 0 N–H and O–H groups in total. The van der Waals surface area contributed by atoms with Gasteiger partial charge in [-0.15, -0.1) is 0 Å². The molecule has 3 heteroatoms. The predicted molar refractivity (Wildman–Crippen MR) is 64.2 cm³/mol. The number of nitrogens with zero attached hydrogens (tertiary/aromatic N) is 2. The minimum Gasteiger partial charge on any atom is -0.314 e. The van der Waals surface area contributed by atoms with E-state index in [0.29, 0.717) is 5.28 Å². The third-order valence-electron chi connectivity index (χ3n) is 2.24. The van der Waals surface area contributed by atoms with Gasteiger partial charge in [0.1, 0.15) is 0 Å². The Hall–Kier alpha value is -1.02. The third-order valence-corrected chi connectivity index (χ3v) is 2.53. The van der Waals surface area contributed by atoms with Crippen LogP contribution in [0.1, 0.15) is 20.8 Å². The van der Waals surface area contributed by atoms with Gasteiger partial charge in [-0.3, -0.25) is 0 Å². The fraction of sp³-hybridized carbons (Fsp3) is 0.417. The fourth-order valence-electron chi connectivity index (χ4n) is 1.67. The molecular formula is C12H15ClN2. The van der Waals surface area contributed by atoms with E-state index in [2.05, 4.69) is 36.4 Å². The van der Waals surface area contributed by atoms with Crippen LogP contribution in [0.2, 0.25) is 5.28 Å². The molecule has 0 fully saturated rings. The fourth-order valence-corrected chi connectivity index (χ4v) is 1.91. The maximum absolute atomic E-state index is 6.13. The van der Waals surface area contributed by atoms with Gasteiger partial charge in [0.25, 0.3) is 0 Å². The van der Waals surface area contributed by atoms with Gasteiger partial charge in [0.05, 0.1) is 11.0 Å². The van der Waals surface area contributed by atoms with E-state index >= 15 is 0 Å². The zero-order chi connectivity index (χ0) is 11.1. The Morgan fingerprint density at radius 3 is 2.60 bits per heavy atom. The summed E-state index contributed by atoms with van der Waals surface area (Å²) in [6.07, 6.45) is 0. The minimum absolute atomic E-state index is 0.201. The molecule has 1 aromatic carbocycles. The van der Waals surface area contributed by atoms with Gasteiger partial charge in [-0.2, -0.15) is 0 Å². The Labute approximate surface area is 94.9 Å². The van der Waals surface area contributed by atoms with Crippen LogP contribution in [0.15, 0.2) is 24.3 Å². The molecule has 0 unspecified atom stereocenters. The normalized spacial score (nSPS) is 12.3. The van der Waals surface area contributed by atoms with Crippen molar-refractivity contribution in [2.75, 3.05) is 0 Å². The quantitative estimate of drug-likeness (QED) is 0.719. The van der Waals surface area contributed by atoms with Gasteiger partial charge in [0, 0.05) is 6.54 Å². The van der Waals surface area contributed by atoms with Crippen LogP contribution in [0.25, 0.3) is 11.0 Å². The van der Waals surface area contributed by atoms with Crippen LogP contribution in [0.3, 0.4) is 0 Å². The predicted octanol–water partition coefficient (Wildman–Crippen LogP) is 3.74. The molecule has 1 aromatic heterocycles. The van der Waals surface area contributed by atoms with Crippen LogP contribution in [0.4, 0.5) is 0 Å². The highest BCUT2D eigenvalue weighted by atomic mass is 35.5. The average Bonchev–Trinajstić information content (AvgIpc) is 2.41. The standard InChI is InChI=1S/C12H15ClN2/c1-12(2,3)8-15-10-7-5-4-6-9(10)14-11(15)13/h4-7H,8H2,1-3H3. The van der Waals surface area contributed by atoms with E-state index < -0.39 is 0 Å². The van der Waals surface area contributed by atoms with Crippen molar-refractivity contribution in [3.63, 3.8) is 0 Å². The van der Waals surface area contributed by atoms with Crippen molar-refractivity contribution in [3.8, 4) is 0 Å². The second kappa shape index (κ2) is 3.53. The van der Waals surface area contributed by atoms with Crippen LogP contribution in [-0.2, 0) is 6.54 Å². The van der Waals surface area contributed by atoms with E-state index in [0.717, 1.165) is 17.6 Å². The topological polar surface area (TPSA) is 17.8 Å². The number of para-hydroxylation sites is 2. The van der Waals surface area contributed by atoms with Crippen LogP contribution in [-0.4, -0.2) is 9.55 Å². The van der Waals surface area contributed by atoms with Gasteiger partial charge >= 0.3 is 0 Å². The first-order valence-electron chi connectivity index (χ1n) is 5.08. The Morgan fingerprint density at radius 1 is 1.27 bits per heavy atom. The summed E-state index contributed by atoms with van der Waals surface area (Å²) >= 11 is 6.13. The van der Waals surface area contributed by atoms with Crippen LogP contribution >= 0.6 is 11.6 Å². The molecule has 0 bridgehead atoms. The van der Waals surface area contributed by atoms with E-state index in [1.807, 2.05) is 18.2 Å². The molecular weight excluding hydrogens is 208 g/mol. The van der Waals surface area contributed by atoms with E-state index in [4.69, 9.17) is 11.6 Å². The van der Waals surface area contributed by atoms with Crippen LogP contribution < -0.4 is 0 Å². The smallest absolute Gasteiger partial charge is 0.203 e. The zero-order valence-corrected chi connectivity index (χ0v) is 10.0. The molecule has 2 aromatic rings. The lowest BCUT2D eigenvalue weighted by Crippen LogP contribution is -2.15. The van der Waals surface area contributed by atoms with E-state index in [9.17, 15) is 0 Å². The molecule has 0 amide bonds. The van der Waals surface area contributed by atoms with Gasteiger partial charge in [-0.05, 0) is 29.1 Å². The van der Waals surface area contributed by atoms with Gasteiger partial charge in [0.15, 0.2) is 0 Å². The lowest BCUT2D eigenvalue weighted by molar-refractivity contribution is 0.348. The number of benzene rings is 1. The Kier molecular flexibility index (Phi) is 2.47. The summed E-state index contributed by atoms with van der Waals surface area (Å²) in [5.41, 5.74) is 2.27. The average molecular weight is 223 g/mol. The molecule has 0 aliphatic heterocycles. The molecule has 0 aliphatic carbocycles. The SMILES string of the molecule is CC(C)(C)Cn1c(Cl)nc2ccccc21. The molecule has 1 heterocycles. The summed E-state index contributed by atoms with van der Waals surface area (Å²) in [6.45, 7) is 7.46. The summed E-state index contributed by atoms with van der Waals surface area (Å²) in [5, 5.41) is 0.575. The number of imidazole rings is 1. The van der Waals surface area contributed by atoms with Crippen molar-refractivity contribution in [1.82, 2.24) is 9.55 Å².